The molecule has 0 amide bonds. The quantitative estimate of drug-likeness (QED) is 0.761. The molecule has 0 spiro atoms. The zero-order chi connectivity index (χ0) is 13.7. The molecule has 2 rings (SSSR count). The molecule has 0 aliphatic rings. The molecule has 0 aliphatic carbocycles. The van der Waals surface area contributed by atoms with Gasteiger partial charge in [0.05, 0.1) is 6.61 Å². The number of carbonyl (C=O) groups excluding carboxylic acids is 1. The summed E-state index contributed by atoms with van der Waals surface area (Å²) >= 11 is 1.64. The second kappa shape index (κ2) is 6.47. The summed E-state index contributed by atoms with van der Waals surface area (Å²) in [5, 5.41) is 5.92. The number of aromatic nitrogens is 2. The maximum atomic E-state index is 11.8. The summed E-state index contributed by atoms with van der Waals surface area (Å²) in [5.41, 5.74) is 0. The first-order valence-electron chi connectivity index (χ1n) is 6.26. The predicted molar refractivity (Wildman–Crippen MR) is 71.1 cm³/mol. The normalized spacial score (nSPS) is 12.3. The van der Waals surface area contributed by atoms with Crippen molar-refractivity contribution in [3.05, 3.63) is 34.1 Å². The Bertz CT molecular complexity index is 522. The van der Waals surface area contributed by atoms with Crippen molar-refractivity contribution in [2.75, 3.05) is 6.61 Å². The first kappa shape index (κ1) is 13.7. The van der Waals surface area contributed by atoms with Crippen molar-refractivity contribution in [3.63, 3.8) is 0 Å². The molecule has 2 aromatic rings. The smallest absolute Gasteiger partial charge is 0.318 e. The number of rotatable bonds is 6. The third kappa shape index (κ3) is 3.41. The molecule has 19 heavy (non-hydrogen) atoms. The van der Waals surface area contributed by atoms with Crippen LogP contribution in [0.3, 0.4) is 0 Å². The topological polar surface area (TPSA) is 65.2 Å². The number of hydrogen-bond donors (Lipinski definition) is 0. The van der Waals surface area contributed by atoms with Crippen molar-refractivity contribution in [1.29, 1.82) is 0 Å². The third-order valence-corrected chi connectivity index (χ3v) is 3.55. The fourth-order valence-electron chi connectivity index (χ4n) is 1.73. The minimum atomic E-state index is -0.468. The summed E-state index contributed by atoms with van der Waals surface area (Å²) in [4.78, 5) is 17.2. The maximum absolute atomic E-state index is 11.8. The molecule has 0 aliphatic heterocycles. The number of esters is 1. The van der Waals surface area contributed by atoms with Crippen molar-refractivity contribution in [3.8, 4) is 0 Å². The largest absolute Gasteiger partial charge is 0.465 e. The van der Waals surface area contributed by atoms with E-state index in [-0.39, 0.29) is 5.97 Å². The van der Waals surface area contributed by atoms with Gasteiger partial charge in [-0.2, -0.15) is 4.98 Å². The molecule has 0 radical (unpaired) electrons. The highest BCUT2D eigenvalue weighted by Crippen LogP contribution is 2.20. The molecular formula is C13H16N2O3S. The lowest BCUT2D eigenvalue weighted by Crippen LogP contribution is -2.15. The molecule has 1 unspecified atom stereocenters. The summed E-state index contributed by atoms with van der Waals surface area (Å²) in [7, 11) is 0. The Labute approximate surface area is 115 Å². The van der Waals surface area contributed by atoms with Crippen molar-refractivity contribution in [2.24, 2.45) is 0 Å². The van der Waals surface area contributed by atoms with Gasteiger partial charge < -0.3 is 9.26 Å². The highest BCUT2D eigenvalue weighted by atomic mass is 32.1. The lowest BCUT2D eigenvalue weighted by atomic mass is 10.1. The average Bonchev–Trinajstić information content (AvgIpc) is 3.03. The number of hydrogen-bond acceptors (Lipinski definition) is 6. The summed E-state index contributed by atoms with van der Waals surface area (Å²) in [5.74, 6) is 0.161. The highest BCUT2D eigenvalue weighted by molar-refractivity contribution is 7.09. The molecule has 102 valence electrons. The molecule has 0 N–H and O–H groups in total. The second-order valence-corrected chi connectivity index (χ2v) is 5.05. The molecule has 0 aromatic carbocycles. The number of carbonyl (C=O) groups is 1. The van der Waals surface area contributed by atoms with Crippen molar-refractivity contribution >= 4 is 17.3 Å². The Morgan fingerprint density at radius 1 is 1.53 bits per heavy atom. The maximum Gasteiger partial charge on any atom is 0.318 e. The fourth-order valence-corrected chi connectivity index (χ4v) is 2.44. The van der Waals surface area contributed by atoms with Crippen molar-refractivity contribution in [2.45, 2.75) is 32.6 Å². The van der Waals surface area contributed by atoms with Gasteiger partial charge in [-0.25, -0.2) is 0 Å². The number of ether oxygens (including phenoxy) is 1. The van der Waals surface area contributed by atoms with Gasteiger partial charge in [0.15, 0.2) is 5.82 Å². The molecule has 2 aromatic heterocycles. The van der Waals surface area contributed by atoms with E-state index in [0.29, 0.717) is 31.2 Å². The van der Waals surface area contributed by atoms with E-state index in [1.807, 2.05) is 24.4 Å². The van der Waals surface area contributed by atoms with Gasteiger partial charge in [-0.05, 0) is 24.8 Å². The third-order valence-electron chi connectivity index (χ3n) is 2.67. The zero-order valence-electron chi connectivity index (χ0n) is 11.0. The molecule has 1 atom stereocenters. The van der Waals surface area contributed by atoms with Gasteiger partial charge in [0, 0.05) is 11.3 Å². The molecule has 5 nitrogen and oxygen atoms in total. The van der Waals surface area contributed by atoms with Gasteiger partial charge in [-0.15, -0.1) is 11.3 Å². The van der Waals surface area contributed by atoms with Crippen LogP contribution in [0.1, 0.15) is 42.8 Å². The van der Waals surface area contributed by atoms with Gasteiger partial charge in [-0.3, -0.25) is 4.79 Å². The average molecular weight is 280 g/mol. The first-order valence-corrected chi connectivity index (χ1v) is 7.14. The monoisotopic (exact) mass is 280 g/mol. The van der Waals surface area contributed by atoms with Crippen LogP contribution >= 0.6 is 11.3 Å². The zero-order valence-corrected chi connectivity index (χ0v) is 11.8. The van der Waals surface area contributed by atoms with Crippen LogP contribution in [-0.2, 0) is 16.0 Å². The summed E-state index contributed by atoms with van der Waals surface area (Å²) in [6.45, 7) is 4.02. The van der Waals surface area contributed by atoms with Crippen LogP contribution in [0.15, 0.2) is 22.0 Å². The van der Waals surface area contributed by atoms with Crippen LogP contribution in [0.5, 0.6) is 0 Å². The van der Waals surface area contributed by atoms with Crippen LogP contribution in [0.4, 0.5) is 0 Å². The molecule has 0 fully saturated rings. The molecule has 2 heterocycles. The Hall–Kier alpha value is -1.69. The van der Waals surface area contributed by atoms with Gasteiger partial charge in [0.2, 0.25) is 5.89 Å². The molecule has 0 bridgehead atoms. The van der Waals surface area contributed by atoms with E-state index in [1.54, 1.807) is 18.3 Å². The Morgan fingerprint density at radius 3 is 3.00 bits per heavy atom. The minimum Gasteiger partial charge on any atom is -0.465 e. The Kier molecular flexibility index (Phi) is 4.68. The molecule has 0 saturated carbocycles. The first-order chi connectivity index (χ1) is 9.24. The number of thiophene rings is 1. The van der Waals surface area contributed by atoms with Crippen LogP contribution in [0.2, 0.25) is 0 Å². The lowest BCUT2D eigenvalue weighted by Gasteiger charge is -2.08. The van der Waals surface area contributed by atoms with Crippen molar-refractivity contribution in [1.82, 2.24) is 10.1 Å². The van der Waals surface area contributed by atoms with Gasteiger partial charge in [0.25, 0.3) is 0 Å². The molecule has 6 heteroatoms. The van der Waals surface area contributed by atoms with Crippen LogP contribution in [0, 0.1) is 0 Å². The van der Waals surface area contributed by atoms with Gasteiger partial charge in [0.1, 0.15) is 5.92 Å². The van der Waals surface area contributed by atoms with E-state index in [4.69, 9.17) is 9.26 Å². The van der Waals surface area contributed by atoms with Crippen molar-refractivity contribution < 1.29 is 14.1 Å². The summed E-state index contributed by atoms with van der Waals surface area (Å²) < 4.78 is 10.2. The number of nitrogens with zero attached hydrogens (tertiary/aromatic N) is 2. The predicted octanol–water partition coefficient (Wildman–Crippen LogP) is 2.78. The van der Waals surface area contributed by atoms with E-state index in [1.165, 1.54) is 0 Å². The van der Waals surface area contributed by atoms with Gasteiger partial charge in [-0.1, -0.05) is 18.1 Å². The lowest BCUT2D eigenvalue weighted by molar-refractivity contribution is -0.145. The standard InChI is InChI=1S/C13H16N2O3S/c1-3-10(13(16)17-4-2)12-14-11(15-18-12)8-9-6-5-7-19-9/h5-7,10H,3-4,8H2,1-2H3. The van der Waals surface area contributed by atoms with Crippen LogP contribution < -0.4 is 0 Å². The van der Waals surface area contributed by atoms with Gasteiger partial charge >= 0.3 is 5.97 Å². The Morgan fingerprint density at radius 2 is 2.37 bits per heavy atom. The van der Waals surface area contributed by atoms with Crippen LogP contribution in [-0.4, -0.2) is 22.7 Å². The van der Waals surface area contributed by atoms with Crippen LogP contribution in [0.25, 0.3) is 0 Å². The fraction of sp³-hybridized carbons (Fsp3) is 0.462. The SMILES string of the molecule is CCOC(=O)C(CC)c1nc(Cc2cccs2)no1. The van der Waals surface area contributed by atoms with E-state index in [2.05, 4.69) is 10.1 Å². The summed E-state index contributed by atoms with van der Waals surface area (Å²) in [6, 6.07) is 4.00. The van der Waals surface area contributed by atoms with E-state index < -0.39 is 5.92 Å². The highest BCUT2D eigenvalue weighted by Gasteiger charge is 2.26. The molecular weight excluding hydrogens is 264 g/mol. The van der Waals surface area contributed by atoms with E-state index in [0.717, 1.165) is 4.88 Å². The second-order valence-electron chi connectivity index (χ2n) is 4.02. The van der Waals surface area contributed by atoms with E-state index in [9.17, 15) is 4.79 Å². The molecule has 0 saturated heterocycles. The Balaban J connectivity index is 2.08. The van der Waals surface area contributed by atoms with E-state index >= 15 is 0 Å². The minimum absolute atomic E-state index is 0.309. The summed E-state index contributed by atoms with van der Waals surface area (Å²) in [6.07, 6.45) is 1.21.